The molecule has 0 spiro atoms. The van der Waals surface area contributed by atoms with Crippen molar-refractivity contribution < 1.29 is 8.42 Å². The van der Waals surface area contributed by atoms with Crippen LogP contribution in [-0.4, -0.2) is 37.5 Å². The van der Waals surface area contributed by atoms with Gasteiger partial charge in [-0.1, -0.05) is 6.42 Å². The lowest BCUT2D eigenvalue weighted by atomic mass is 10.0. The second kappa shape index (κ2) is 6.07. The predicted octanol–water partition coefficient (Wildman–Crippen LogP) is 1.58. The van der Waals surface area contributed by atoms with Crippen molar-refractivity contribution in [1.82, 2.24) is 14.8 Å². The first-order valence-corrected chi connectivity index (χ1v) is 8.36. The van der Waals surface area contributed by atoms with Gasteiger partial charge in [0.25, 0.3) is 10.0 Å². The Labute approximate surface area is 120 Å². The molecule has 1 aliphatic heterocycles. The summed E-state index contributed by atoms with van der Waals surface area (Å²) in [5, 5.41) is 4.72. The summed E-state index contributed by atoms with van der Waals surface area (Å²) in [5.74, 6) is 0. The molecule has 1 saturated heterocycles. The third-order valence-corrected chi connectivity index (χ3v) is 5.12. The van der Waals surface area contributed by atoms with E-state index in [1.54, 1.807) is 19.3 Å². The van der Waals surface area contributed by atoms with Crippen LogP contribution in [0.1, 0.15) is 33.1 Å². The van der Waals surface area contributed by atoms with Gasteiger partial charge >= 0.3 is 0 Å². The molecule has 2 unspecified atom stereocenters. The van der Waals surface area contributed by atoms with Gasteiger partial charge in [0.1, 0.15) is 4.90 Å². The lowest BCUT2D eigenvalue weighted by Crippen LogP contribution is -2.54. The van der Waals surface area contributed by atoms with Gasteiger partial charge in [0, 0.05) is 31.5 Å². The molecule has 0 saturated carbocycles. The molecule has 2 rings (SSSR count). The second-order valence-electron chi connectivity index (χ2n) is 5.25. The summed E-state index contributed by atoms with van der Waals surface area (Å²) in [6.45, 7) is 4.08. The molecule has 7 heteroatoms. The van der Waals surface area contributed by atoms with Crippen molar-refractivity contribution in [2.75, 3.05) is 12.4 Å². The predicted molar refractivity (Wildman–Crippen MR) is 78.7 cm³/mol. The van der Waals surface area contributed by atoms with E-state index in [4.69, 9.17) is 0 Å². The van der Waals surface area contributed by atoms with Gasteiger partial charge in [-0.15, -0.1) is 4.83 Å². The van der Waals surface area contributed by atoms with E-state index in [9.17, 15) is 8.42 Å². The Morgan fingerprint density at radius 1 is 1.30 bits per heavy atom. The first-order valence-electron chi connectivity index (χ1n) is 6.88. The number of pyridine rings is 1. The van der Waals surface area contributed by atoms with Crippen LogP contribution in [0, 0.1) is 0 Å². The SMILES string of the molecule is CNc1ccncc1S(=O)(=O)NN1C(C)CCCC1C. The molecule has 1 aromatic rings. The largest absolute Gasteiger partial charge is 0.387 e. The van der Waals surface area contributed by atoms with E-state index in [0.29, 0.717) is 5.69 Å². The van der Waals surface area contributed by atoms with Crippen LogP contribution in [0.15, 0.2) is 23.4 Å². The topological polar surface area (TPSA) is 74.3 Å². The lowest BCUT2D eigenvalue weighted by molar-refractivity contribution is 0.0790. The zero-order valence-electron chi connectivity index (χ0n) is 12.1. The van der Waals surface area contributed by atoms with Gasteiger partial charge in [-0.2, -0.15) is 0 Å². The highest BCUT2D eigenvalue weighted by molar-refractivity contribution is 7.89. The van der Waals surface area contributed by atoms with Crippen LogP contribution in [0.3, 0.4) is 0 Å². The van der Waals surface area contributed by atoms with Crippen molar-refractivity contribution in [2.45, 2.75) is 50.1 Å². The quantitative estimate of drug-likeness (QED) is 0.883. The van der Waals surface area contributed by atoms with Crippen molar-refractivity contribution in [3.8, 4) is 0 Å². The minimum Gasteiger partial charge on any atom is -0.387 e. The van der Waals surface area contributed by atoms with E-state index in [2.05, 4.69) is 15.1 Å². The molecule has 0 amide bonds. The molecule has 1 aliphatic rings. The Morgan fingerprint density at radius 2 is 1.95 bits per heavy atom. The molecule has 0 radical (unpaired) electrons. The van der Waals surface area contributed by atoms with Gasteiger partial charge in [0.15, 0.2) is 0 Å². The Bertz CT molecular complexity index is 551. The Balaban J connectivity index is 2.26. The maximum atomic E-state index is 12.5. The van der Waals surface area contributed by atoms with E-state index < -0.39 is 10.0 Å². The maximum absolute atomic E-state index is 12.5. The number of aromatic nitrogens is 1. The van der Waals surface area contributed by atoms with Crippen LogP contribution in [0.5, 0.6) is 0 Å². The summed E-state index contributed by atoms with van der Waals surface area (Å²) in [4.78, 5) is 6.80. The number of piperidine rings is 1. The third-order valence-electron chi connectivity index (χ3n) is 3.76. The zero-order chi connectivity index (χ0) is 14.8. The number of hydrogen-bond acceptors (Lipinski definition) is 5. The van der Waals surface area contributed by atoms with Crippen molar-refractivity contribution in [1.29, 1.82) is 0 Å². The number of nitrogens with zero attached hydrogens (tertiary/aromatic N) is 2. The van der Waals surface area contributed by atoms with E-state index in [0.717, 1.165) is 19.3 Å². The lowest BCUT2D eigenvalue weighted by Gasteiger charge is -2.38. The van der Waals surface area contributed by atoms with E-state index in [-0.39, 0.29) is 17.0 Å². The third kappa shape index (κ3) is 3.11. The smallest absolute Gasteiger partial charge is 0.257 e. The molecule has 0 bridgehead atoms. The van der Waals surface area contributed by atoms with Crippen molar-refractivity contribution >= 4 is 15.7 Å². The Hall–Kier alpha value is -1.18. The average molecular weight is 298 g/mol. The van der Waals surface area contributed by atoms with Crippen molar-refractivity contribution in [2.24, 2.45) is 0 Å². The van der Waals surface area contributed by atoms with Gasteiger partial charge in [-0.25, -0.2) is 13.4 Å². The molecule has 6 nitrogen and oxygen atoms in total. The van der Waals surface area contributed by atoms with E-state index in [1.165, 1.54) is 6.20 Å². The fourth-order valence-corrected chi connectivity index (χ4v) is 3.98. The Kier molecular flexibility index (Phi) is 4.62. The first kappa shape index (κ1) is 15.2. The standard InChI is InChI=1S/C13H22N4O2S/c1-10-5-4-6-11(2)17(10)16-20(18,19)13-9-15-8-7-12(13)14-3/h7-11,16H,4-6H2,1-3H3,(H,14,15). The highest BCUT2D eigenvalue weighted by Crippen LogP contribution is 2.24. The average Bonchev–Trinajstić information content (AvgIpc) is 2.43. The van der Waals surface area contributed by atoms with Crippen LogP contribution < -0.4 is 10.1 Å². The molecule has 0 aliphatic carbocycles. The second-order valence-corrected chi connectivity index (χ2v) is 6.88. The summed E-state index contributed by atoms with van der Waals surface area (Å²) in [6.07, 6.45) is 6.07. The summed E-state index contributed by atoms with van der Waals surface area (Å²) in [5.41, 5.74) is 0.546. The molecular weight excluding hydrogens is 276 g/mol. The molecule has 2 atom stereocenters. The van der Waals surface area contributed by atoms with Crippen LogP contribution in [0.2, 0.25) is 0 Å². The fourth-order valence-electron chi connectivity index (χ4n) is 2.59. The number of anilines is 1. The number of hydrazine groups is 1. The number of nitrogens with one attached hydrogen (secondary N) is 2. The number of hydrogen-bond donors (Lipinski definition) is 2. The van der Waals surface area contributed by atoms with E-state index in [1.807, 2.05) is 18.9 Å². The molecule has 2 N–H and O–H groups in total. The Morgan fingerprint density at radius 3 is 2.55 bits per heavy atom. The van der Waals surface area contributed by atoms with Crippen LogP contribution in [0.4, 0.5) is 5.69 Å². The van der Waals surface area contributed by atoms with Crippen LogP contribution in [0.25, 0.3) is 0 Å². The molecule has 20 heavy (non-hydrogen) atoms. The van der Waals surface area contributed by atoms with Crippen molar-refractivity contribution in [3.05, 3.63) is 18.5 Å². The minimum atomic E-state index is -3.62. The highest BCUT2D eigenvalue weighted by atomic mass is 32.2. The molecule has 2 heterocycles. The molecule has 1 aromatic heterocycles. The van der Waals surface area contributed by atoms with Gasteiger partial charge in [0.2, 0.25) is 0 Å². The highest BCUT2D eigenvalue weighted by Gasteiger charge is 2.30. The van der Waals surface area contributed by atoms with Gasteiger partial charge in [0.05, 0.1) is 5.69 Å². The van der Waals surface area contributed by atoms with Gasteiger partial charge in [-0.3, -0.25) is 4.98 Å². The van der Waals surface area contributed by atoms with Crippen LogP contribution in [-0.2, 0) is 10.0 Å². The van der Waals surface area contributed by atoms with E-state index >= 15 is 0 Å². The molecular formula is C13H22N4O2S. The van der Waals surface area contributed by atoms with Gasteiger partial charge < -0.3 is 5.32 Å². The normalized spacial score (nSPS) is 24.6. The minimum absolute atomic E-state index is 0.174. The van der Waals surface area contributed by atoms with Crippen molar-refractivity contribution in [3.63, 3.8) is 0 Å². The summed E-state index contributed by atoms with van der Waals surface area (Å²) in [7, 11) is -1.92. The summed E-state index contributed by atoms with van der Waals surface area (Å²) >= 11 is 0. The molecule has 1 fully saturated rings. The van der Waals surface area contributed by atoms with Gasteiger partial charge in [-0.05, 0) is 32.8 Å². The molecule has 0 aromatic carbocycles. The monoisotopic (exact) mass is 298 g/mol. The number of rotatable bonds is 4. The number of sulfonamides is 1. The maximum Gasteiger partial charge on any atom is 0.257 e. The summed E-state index contributed by atoms with van der Waals surface area (Å²) in [6, 6.07) is 2.05. The van der Waals surface area contributed by atoms with Crippen LogP contribution >= 0.6 is 0 Å². The summed E-state index contributed by atoms with van der Waals surface area (Å²) < 4.78 is 25.1. The first-order chi connectivity index (χ1) is 9.45. The molecule has 112 valence electrons. The zero-order valence-corrected chi connectivity index (χ0v) is 12.9. The fraction of sp³-hybridized carbons (Fsp3) is 0.615.